The highest BCUT2D eigenvalue weighted by Crippen LogP contribution is 2.24. The molecule has 0 radical (unpaired) electrons. The third-order valence-electron chi connectivity index (χ3n) is 3.93. The van der Waals surface area contributed by atoms with Gasteiger partial charge in [-0.3, -0.25) is 9.69 Å². The van der Waals surface area contributed by atoms with Crippen molar-refractivity contribution in [1.29, 1.82) is 0 Å². The monoisotopic (exact) mass is 269 g/mol. The lowest BCUT2D eigenvalue weighted by molar-refractivity contribution is -0.125. The van der Waals surface area contributed by atoms with Gasteiger partial charge in [0.1, 0.15) is 0 Å². The maximum atomic E-state index is 12.2. The SMILES string of the molecule is CCN1CCCC1CNC(=O)C(CN)CC(C)(C)C. The Morgan fingerprint density at radius 1 is 1.47 bits per heavy atom. The normalized spacial score (nSPS) is 22.5. The first-order valence-electron chi connectivity index (χ1n) is 7.59. The van der Waals surface area contributed by atoms with Crippen LogP contribution in [0.15, 0.2) is 0 Å². The lowest BCUT2D eigenvalue weighted by atomic mass is 9.84. The Morgan fingerprint density at radius 3 is 2.68 bits per heavy atom. The molecular weight excluding hydrogens is 238 g/mol. The minimum Gasteiger partial charge on any atom is -0.354 e. The standard InChI is InChI=1S/C15H31N3O/c1-5-18-8-6-7-13(18)11-17-14(19)12(10-16)9-15(2,3)4/h12-13H,5-11,16H2,1-4H3,(H,17,19). The van der Waals surface area contributed by atoms with Gasteiger partial charge in [0.25, 0.3) is 0 Å². The zero-order valence-corrected chi connectivity index (χ0v) is 13.0. The second-order valence-electron chi connectivity index (χ2n) is 6.87. The molecule has 0 spiro atoms. The largest absolute Gasteiger partial charge is 0.354 e. The number of likely N-dealkylation sites (N-methyl/N-ethyl adjacent to an activating group) is 1. The van der Waals surface area contributed by atoms with Gasteiger partial charge < -0.3 is 11.1 Å². The molecule has 0 aromatic rings. The molecule has 1 amide bonds. The topological polar surface area (TPSA) is 58.4 Å². The van der Waals surface area contributed by atoms with Crippen molar-refractivity contribution >= 4 is 5.91 Å². The van der Waals surface area contributed by atoms with E-state index in [2.05, 4.69) is 37.9 Å². The van der Waals surface area contributed by atoms with Crippen molar-refractivity contribution in [2.45, 2.75) is 53.0 Å². The average Bonchev–Trinajstić information content (AvgIpc) is 2.79. The molecule has 1 aliphatic rings. The minimum absolute atomic E-state index is 0.0588. The predicted octanol–water partition coefficient (Wildman–Crippen LogP) is 1.60. The van der Waals surface area contributed by atoms with Crippen LogP contribution in [0.2, 0.25) is 0 Å². The summed E-state index contributed by atoms with van der Waals surface area (Å²) in [6.45, 7) is 12.1. The Balaban J connectivity index is 2.40. The summed E-state index contributed by atoms with van der Waals surface area (Å²) < 4.78 is 0. The van der Waals surface area contributed by atoms with E-state index in [0.29, 0.717) is 12.6 Å². The van der Waals surface area contributed by atoms with Gasteiger partial charge in [0, 0.05) is 19.1 Å². The van der Waals surface area contributed by atoms with Crippen molar-refractivity contribution in [2.24, 2.45) is 17.1 Å². The Bertz CT molecular complexity index is 286. The van der Waals surface area contributed by atoms with Gasteiger partial charge in [0.2, 0.25) is 5.91 Å². The molecule has 0 bridgehead atoms. The molecule has 1 rings (SSSR count). The molecule has 0 aromatic carbocycles. The number of carbonyl (C=O) groups excluding carboxylic acids is 1. The van der Waals surface area contributed by atoms with E-state index in [4.69, 9.17) is 5.73 Å². The van der Waals surface area contributed by atoms with Crippen molar-refractivity contribution in [3.05, 3.63) is 0 Å². The van der Waals surface area contributed by atoms with Crippen molar-refractivity contribution in [3.8, 4) is 0 Å². The second-order valence-corrected chi connectivity index (χ2v) is 6.87. The highest BCUT2D eigenvalue weighted by molar-refractivity contribution is 5.78. The number of nitrogens with two attached hydrogens (primary N) is 1. The summed E-state index contributed by atoms with van der Waals surface area (Å²) in [5, 5.41) is 3.10. The molecule has 1 aliphatic heterocycles. The van der Waals surface area contributed by atoms with Crippen LogP contribution < -0.4 is 11.1 Å². The van der Waals surface area contributed by atoms with Gasteiger partial charge in [-0.05, 0) is 37.8 Å². The van der Waals surface area contributed by atoms with Gasteiger partial charge in [0.15, 0.2) is 0 Å². The number of hydrogen-bond acceptors (Lipinski definition) is 3. The van der Waals surface area contributed by atoms with Gasteiger partial charge in [-0.1, -0.05) is 27.7 Å². The number of nitrogens with zero attached hydrogens (tertiary/aromatic N) is 1. The highest BCUT2D eigenvalue weighted by Gasteiger charge is 2.26. The van der Waals surface area contributed by atoms with Gasteiger partial charge >= 0.3 is 0 Å². The van der Waals surface area contributed by atoms with E-state index in [-0.39, 0.29) is 17.2 Å². The Morgan fingerprint density at radius 2 is 2.16 bits per heavy atom. The molecule has 19 heavy (non-hydrogen) atoms. The zero-order chi connectivity index (χ0) is 14.5. The fraction of sp³-hybridized carbons (Fsp3) is 0.933. The molecule has 1 fully saturated rings. The molecule has 0 aromatic heterocycles. The first kappa shape index (κ1) is 16.4. The quantitative estimate of drug-likeness (QED) is 0.770. The van der Waals surface area contributed by atoms with Crippen molar-refractivity contribution in [1.82, 2.24) is 10.2 Å². The Kier molecular flexibility index (Phi) is 6.27. The summed E-state index contributed by atoms with van der Waals surface area (Å²) in [5.41, 5.74) is 5.89. The first-order chi connectivity index (χ1) is 8.87. The Hall–Kier alpha value is -0.610. The summed E-state index contributed by atoms with van der Waals surface area (Å²) in [6, 6.07) is 0.516. The van der Waals surface area contributed by atoms with Crippen LogP contribution in [0, 0.1) is 11.3 Å². The van der Waals surface area contributed by atoms with Crippen LogP contribution in [-0.4, -0.2) is 43.0 Å². The molecule has 1 saturated heterocycles. The van der Waals surface area contributed by atoms with E-state index < -0.39 is 0 Å². The van der Waals surface area contributed by atoms with Crippen molar-refractivity contribution in [3.63, 3.8) is 0 Å². The predicted molar refractivity (Wildman–Crippen MR) is 79.9 cm³/mol. The summed E-state index contributed by atoms with van der Waals surface area (Å²) in [4.78, 5) is 14.6. The summed E-state index contributed by atoms with van der Waals surface area (Å²) in [6.07, 6.45) is 3.29. The fourth-order valence-electron chi connectivity index (χ4n) is 2.93. The lowest BCUT2D eigenvalue weighted by Gasteiger charge is -2.26. The van der Waals surface area contributed by atoms with Gasteiger partial charge in [-0.15, -0.1) is 0 Å². The summed E-state index contributed by atoms with van der Waals surface area (Å²) in [5.74, 6) is 0.0665. The third-order valence-corrected chi connectivity index (χ3v) is 3.93. The minimum atomic E-state index is -0.0588. The van der Waals surface area contributed by atoms with Crippen LogP contribution >= 0.6 is 0 Å². The lowest BCUT2D eigenvalue weighted by Crippen LogP contribution is -2.44. The van der Waals surface area contributed by atoms with E-state index in [9.17, 15) is 4.79 Å². The van der Waals surface area contributed by atoms with Crippen molar-refractivity contribution in [2.75, 3.05) is 26.2 Å². The van der Waals surface area contributed by atoms with Gasteiger partial charge in [-0.25, -0.2) is 0 Å². The fourth-order valence-corrected chi connectivity index (χ4v) is 2.93. The number of likely N-dealkylation sites (tertiary alicyclic amines) is 1. The molecular formula is C15H31N3O. The number of rotatable bonds is 6. The smallest absolute Gasteiger partial charge is 0.224 e. The average molecular weight is 269 g/mol. The van der Waals surface area contributed by atoms with Crippen LogP contribution in [0.25, 0.3) is 0 Å². The number of nitrogens with one attached hydrogen (secondary N) is 1. The van der Waals surface area contributed by atoms with Crippen LogP contribution in [0.3, 0.4) is 0 Å². The highest BCUT2D eigenvalue weighted by atomic mass is 16.1. The summed E-state index contributed by atoms with van der Waals surface area (Å²) in [7, 11) is 0. The molecule has 1 heterocycles. The molecule has 0 saturated carbocycles. The van der Waals surface area contributed by atoms with Gasteiger partial charge in [-0.2, -0.15) is 0 Å². The zero-order valence-electron chi connectivity index (χ0n) is 13.0. The molecule has 3 N–H and O–H groups in total. The maximum Gasteiger partial charge on any atom is 0.224 e. The molecule has 4 nitrogen and oxygen atoms in total. The van der Waals surface area contributed by atoms with E-state index >= 15 is 0 Å². The first-order valence-corrected chi connectivity index (χ1v) is 7.59. The molecule has 2 atom stereocenters. The molecule has 2 unspecified atom stereocenters. The number of hydrogen-bond donors (Lipinski definition) is 2. The maximum absolute atomic E-state index is 12.2. The van der Waals surface area contributed by atoms with E-state index in [1.807, 2.05) is 0 Å². The van der Waals surface area contributed by atoms with E-state index in [1.54, 1.807) is 0 Å². The van der Waals surface area contributed by atoms with Crippen LogP contribution in [0.4, 0.5) is 0 Å². The molecule has 0 aliphatic carbocycles. The summed E-state index contributed by atoms with van der Waals surface area (Å²) >= 11 is 0. The molecule has 4 heteroatoms. The molecule has 112 valence electrons. The van der Waals surface area contributed by atoms with Crippen LogP contribution in [-0.2, 0) is 4.79 Å². The van der Waals surface area contributed by atoms with E-state index in [1.165, 1.54) is 19.4 Å². The third kappa shape index (κ3) is 5.49. The number of amides is 1. The van der Waals surface area contributed by atoms with Crippen LogP contribution in [0.5, 0.6) is 0 Å². The second kappa shape index (κ2) is 7.25. The number of carbonyl (C=O) groups is 1. The van der Waals surface area contributed by atoms with Crippen molar-refractivity contribution < 1.29 is 4.79 Å². The van der Waals surface area contributed by atoms with E-state index in [0.717, 1.165) is 19.5 Å². The Labute approximate surface area is 118 Å². The van der Waals surface area contributed by atoms with Gasteiger partial charge in [0.05, 0.1) is 5.92 Å². The van der Waals surface area contributed by atoms with Crippen LogP contribution in [0.1, 0.15) is 47.0 Å².